The summed E-state index contributed by atoms with van der Waals surface area (Å²) in [5.41, 5.74) is -1.07. The number of aromatic nitrogens is 1. The van der Waals surface area contributed by atoms with Crippen LogP contribution in [0.15, 0.2) is 47.4 Å². The number of halogens is 1. The molecule has 1 fully saturated rings. The zero-order valence-electron chi connectivity index (χ0n) is 18.1. The molecule has 2 aromatic rings. The van der Waals surface area contributed by atoms with Crippen molar-refractivity contribution in [1.82, 2.24) is 14.8 Å². The van der Waals surface area contributed by atoms with E-state index >= 15 is 0 Å². The van der Waals surface area contributed by atoms with Crippen LogP contribution in [0.4, 0.5) is 5.69 Å². The topological polar surface area (TPSA) is 152 Å². The molecule has 1 aromatic heterocycles. The zero-order chi connectivity index (χ0) is 24.8. The number of hydrogen-bond donors (Lipinski definition) is 2. The van der Waals surface area contributed by atoms with E-state index in [0.717, 1.165) is 16.7 Å². The molecular weight excluding hydrogens is 468 g/mol. The van der Waals surface area contributed by atoms with Gasteiger partial charge in [-0.3, -0.25) is 33.9 Å². The Kier molecular flexibility index (Phi) is 8.13. The second-order valence-corrected chi connectivity index (χ2v) is 8.22. The first-order valence-electron chi connectivity index (χ1n) is 10.6. The molecule has 2 N–H and O–H groups in total. The number of carbonyl (C=O) groups excluding carboxylic acids is 3. The van der Waals surface area contributed by atoms with Gasteiger partial charge in [-0.05, 0) is 18.9 Å². The van der Waals surface area contributed by atoms with Crippen LogP contribution >= 0.6 is 11.6 Å². The Morgan fingerprint density at radius 3 is 2.56 bits per heavy atom. The van der Waals surface area contributed by atoms with E-state index in [9.17, 15) is 29.3 Å². The summed E-state index contributed by atoms with van der Waals surface area (Å²) >= 11 is 6.02. The molecule has 0 aliphatic carbocycles. The fourth-order valence-electron chi connectivity index (χ4n) is 3.82. The number of nitro groups is 1. The van der Waals surface area contributed by atoms with E-state index in [1.165, 1.54) is 35.4 Å². The average Bonchev–Trinajstić information content (AvgIpc) is 2.84. The lowest BCUT2D eigenvalue weighted by atomic mass is 9.94. The first-order valence-corrected chi connectivity index (χ1v) is 10.9. The second kappa shape index (κ2) is 11.0. The third kappa shape index (κ3) is 5.67. The van der Waals surface area contributed by atoms with Gasteiger partial charge in [-0.1, -0.05) is 23.7 Å². The molecule has 1 aromatic carbocycles. The predicted octanol–water partition coefficient (Wildman–Crippen LogP) is 1.18. The molecule has 2 heterocycles. The number of Topliss-reactive ketones (excluding diaryl/α,β-unsaturated/α-hetero) is 1. The molecule has 1 aliphatic rings. The number of ketones is 1. The average molecular weight is 491 g/mol. The third-order valence-electron chi connectivity index (χ3n) is 5.59. The SMILES string of the molecule is O=C(NCCO)C1CCN(C(=O)C(C(=O)c2cccc([N+](=O)[O-])c2)n2cc(Cl)ccc2=O)CC1. The Balaban J connectivity index is 1.90. The van der Waals surface area contributed by atoms with Crippen LogP contribution in [0.3, 0.4) is 0 Å². The van der Waals surface area contributed by atoms with E-state index in [2.05, 4.69) is 5.32 Å². The highest BCUT2D eigenvalue weighted by atomic mass is 35.5. The van der Waals surface area contributed by atoms with Crippen LogP contribution in [0.2, 0.25) is 5.02 Å². The molecule has 0 saturated carbocycles. The van der Waals surface area contributed by atoms with Crippen LogP contribution in [0.25, 0.3) is 0 Å². The number of benzene rings is 1. The number of carbonyl (C=O) groups is 3. The van der Waals surface area contributed by atoms with Gasteiger partial charge in [0.25, 0.3) is 17.2 Å². The summed E-state index contributed by atoms with van der Waals surface area (Å²) in [5.74, 6) is -2.04. The molecule has 12 heteroatoms. The van der Waals surface area contributed by atoms with Crippen molar-refractivity contribution in [2.45, 2.75) is 18.9 Å². The molecule has 1 saturated heterocycles. The molecule has 1 unspecified atom stereocenters. The molecule has 2 amide bonds. The number of likely N-dealkylation sites (tertiary alicyclic amines) is 1. The van der Waals surface area contributed by atoms with Crippen LogP contribution in [-0.4, -0.2) is 63.3 Å². The summed E-state index contributed by atoms with van der Waals surface area (Å²) in [5, 5.41) is 22.7. The van der Waals surface area contributed by atoms with Crippen molar-refractivity contribution in [3.63, 3.8) is 0 Å². The molecule has 0 bridgehead atoms. The highest BCUT2D eigenvalue weighted by Gasteiger charge is 2.36. The number of rotatable bonds is 8. The highest BCUT2D eigenvalue weighted by molar-refractivity contribution is 6.30. The maximum absolute atomic E-state index is 13.5. The summed E-state index contributed by atoms with van der Waals surface area (Å²) in [6, 6.07) is 5.76. The van der Waals surface area contributed by atoms with Crippen molar-refractivity contribution in [3.05, 3.63) is 73.6 Å². The summed E-state index contributed by atoms with van der Waals surface area (Å²) in [7, 11) is 0. The summed E-state index contributed by atoms with van der Waals surface area (Å²) in [6.45, 7) is 0.294. The smallest absolute Gasteiger partial charge is 0.270 e. The van der Waals surface area contributed by atoms with E-state index < -0.39 is 28.2 Å². The van der Waals surface area contributed by atoms with Gasteiger partial charge in [0.15, 0.2) is 11.8 Å². The minimum Gasteiger partial charge on any atom is -0.395 e. The van der Waals surface area contributed by atoms with Crippen LogP contribution in [-0.2, 0) is 9.59 Å². The Labute approximate surface area is 199 Å². The Morgan fingerprint density at radius 1 is 1.21 bits per heavy atom. The first kappa shape index (κ1) is 25.1. The third-order valence-corrected chi connectivity index (χ3v) is 5.82. The molecule has 34 heavy (non-hydrogen) atoms. The van der Waals surface area contributed by atoms with Gasteiger partial charge in [0.05, 0.1) is 16.6 Å². The largest absolute Gasteiger partial charge is 0.395 e. The molecule has 0 radical (unpaired) electrons. The predicted molar refractivity (Wildman–Crippen MR) is 122 cm³/mol. The van der Waals surface area contributed by atoms with Crippen LogP contribution in [0.5, 0.6) is 0 Å². The van der Waals surface area contributed by atoms with Crippen LogP contribution in [0, 0.1) is 16.0 Å². The number of nitro benzene ring substituents is 1. The van der Waals surface area contributed by atoms with Gasteiger partial charge in [0.1, 0.15) is 0 Å². The summed E-state index contributed by atoms with van der Waals surface area (Å²) in [4.78, 5) is 63.5. The molecule has 1 aliphatic heterocycles. The van der Waals surface area contributed by atoms with Gasteiger partial charge in [-0.25, -0.2) is 0 Å². The number of aliphatic hydroxyl groups excluding tert-OH is 1. The number of hydrogen-bond acceptors (Lipinski definition) is 7. The van der Waals surface area contributed by atoms with Crippen LogP contribution in [0.1, 0.15) is 29.2 Å². The molecular formula is C22H23ClN4O7. The van der Waals surface area contributed by atoms with E-state index in [4.69, 9.17) is 16.7 Å². The normalized spacial score (nSPS) is 14.9. The lowest BCUT2D eigenvalue weighted by Gasteiger charge is -2.33. The minimum atomic E-state index is -1.62. The van der Waals surface area contributed by atoms with Gasteiger partial charge in [-0.15, -0.1) is 0 Å². The molecule has 3 rings (SSSR count). The highest BCUT2D eigenvalue weighted by Crippen LogP contribution is 2.24. The van der Waals surface area contributed by atoms with E-state index in [1.54, 1.807) is 0 Å². The van der Waals surface area contributed by atoms with Crippen LogP contribution < -0.4 is 10.9 Å². The standard InChI is InChI=1S/C22H23ClN4O7/c23-16-4-5-18(29)26(13-16)19(20(30)15-2-1-3-17(12-15)27(33)34)22(32)25-9-6-14(7-10-25)21(31)24-8-11-28/h1-5,12-14,19,28H,6-11H2,(H,24,31). The molecule has 1 atom stereocenters. The fourth-order valence-corrected chi connectivity index (χ4v) is 3.99. The number of pyridine rings is 1. The van der Waals surface area contributed by atoms with Crippen molar-refractivity contribution in [3.8, 4) is 0 Å². The van der Waals surface area contributed by atoms with Crippen molar-refractivity contribution in [2.24, 2.45) is 5.92 Å². The van der Waals surface area contributed by atoms with Crippen molar-refractivity contribution >= 4 is 34.9 Å². The van der Waals surface area contributed by atoms with Gasteiger partial charge >= 0.3 is 0 Å². The van der Waals surface area contributed by atoms with Crippen molar-refractivity contribution in [1.29, 1.82) is 0 Å². The lowest BCUT2D eigenvalue weighted by Crippen LogP contribution is -2.48. The molecule has 11 nitrogen and oxygen atoms in total. The van der Waals surface area contributed by atoms with Gasteiger partial charge in [-0.2, -0.15) is 0 Å². The summed E-state index contributed by atoms with van der Waals surface area (Å²) < 4.78 is 0.922. The van der Waals surface area contributed by atoms with E-state index in [-0.39, 0.29) is 54.3 Å². The number of aliphatic hydroxyl groups is 1. The van der Waals surface area contributed by atoms with Gasteiger partial charge in [0, 0.05) is 55.5 Å². The number of nitrogens with zero attached hydrogens (tertiary/aromatic N) is 3. The Hall–Kier alpha value is -3.57. The zero-order valence-corrected chi connectivity index (χ0v) is 18.8. The molecule has 180 valence electrons. The summed E-state index contributed by atoms with van der Waals surface area (Å²) in [6.07, 6.45) is 1.85. The maximum atomic E-state index is 13.5. The monoisotopic (exact) mass is 490 g/mol. The van der Waals surface area contributed by atoms with Crippen molar-refractivity contribution in [2.75, 3.05) is 26.2 Å². The van der Waals surface area contributed by atoms with Gasteiger partial charge in [0.2, 0.25) is 5.91 Å². The lowest BCUT2D eigenvalue weighted by molar-refractivity contribution is -0.384. The first-order chi connectivity index (χ1) is 16.2. The van der Waals surface area contributed by atoms with Gasteiger partial charge < -0.3 is 15.3 Å². The van der Waals surface area contributed by atoms with E-state index in [1.807, 2.05) is 0 Å². The van der Waals surface area contributed by atoms with E-state index in [0.29, 0.717) is 12.8 Å². The maximum Gasteiger partial charge on any atom is 0.270 e. The number of amides is 2. The minimum absolute atomic E-state index is 0.0994. The number of nitrogens with one attached hydrogen (secondary N) is 1. The molecule has 0 spiro atoms. The Morgan fingerprint density at radius 2 is 1.91 bits per heavy atom. The van der Waals surface area contributed by atoms with Crippen molar-refractivity contribution < 1.29 is 24.4 Å². The number of non-ortho nitro benzene ring substituents is 1. The quantitative estimate of drug-likeness (QED) is 0.244. The Bertz CT molecular complexity index is 1160. The number of piperidine rings is 1. The second-order valence-electron chi connectivity index (χ2n) is 7.78. The fraction of sp³-hybridized carbons (Fsp3) is 0.364.